The number of rotatable bonds is 6. The highest BCUT2D eigenvalue weighted by Crippen LogP contribution is 2.39. The van der Waals surface area contributed by atoms with Crippen molar-refractivity contribution in [1.29, 1.82) is 0 Å². The minimum atomic E-state index is -3.40. The molecule has 1 fully saturated rings. The molecule has 0 saturated heterocycles. The van der Waals surface area contributed by atoms with Gasteiger partial charge < -0.3 is 4.74 Å². The molecule has 0 bridgehead atoms. The summed E-state index contributed by atoms with van der Waals surface area (Å²) in [5, 5.41) is 0.507. The van der Waals surface area contributed by atoms with Crippen molar-refractivity contribution >= 4 is 27.3 Å². The standard InChI is InChI=1S/C15H20ClNO3S/c1-2-20-14(11-6-7-11)10-21(18,19)17-9-8-12-4-3-5-13(16)15(12)17/h3-5,11,14H,2,6-10H2,1H3. The fourth-order valence-electron chi connectivity index (χ4n) is 2.95. The van der Waals surface area contributed by atoms with Gasteiger partial charge in [-0.05, 0) is 43.7 Å². The minimum Gasteiger partial charge on any atom is -0.377 e. The zero-order chi connectivity index (χ0) is 15.0. The van der Waals surface area contributed by atoms with Gasteiger partial charge in [-0.25, -0.2) is 8.42 Å². The quantitative estimate of drug-likeness (QED) is 0.806. The predicted molar refractivity (Wildman–Crippen MR) is 84.4 cm³/mol. The van der Waals surface area contributed by atoms with E-state index in [-0.39, 0.29) is 11.9 Å². The summed E-state index contributed by atoms with van der Waals surface area (Å²) < 4.78 is 32.6. The molecule has 0 amide bonds. The lowest BCUT2D eigenvalue weighted by atomic mass is 10.2. The molecule has 6 heteroatoms. The maximum absolute atomic E-state index is 12.8. The summed E-state index contributed by atoms with van der Waals surface area (Å²) in [5.74, 6) is 0.448. The lowest BCUT2D eigenvalue weighted by molar-refractivity contribution is 0.0631. The van der Waals surface area contributed by atoms with Gasteiger partial charge in [0, 0.05) is 13.2 Å². The Balaban J connectivity index is 1.83. The van der Waals surface area contributed by atoms with E-state index in [9.17, 15) is 8.42 Å². The summed E-state index contributed by atoms with van der Waals surface area (Å²) in [6.45, 7) is 2.93. The van der Waals surface area contributed by atoms with E-state index in [2.05, 4.69) is 0 Å². The number of para-hydroxylation sites is 1. The predicted octanol–water partition coefficient (Wildman–Crippen LogP) is 2.85. The molecule has 0 N–H and O–H groups in total. The first-order valence-corrected chi connectivity index (χ1v) is 9.41. The maximum Gasteiger partial charge on any atom is 0.237 e. The molecule has 116 valence electrons. The van der Waals surface area contributed by atoms with Crippen LogP contribution in [0.15, 0.2) is 18.2 Å². The highest BCUT2D eigenvalue weighted by Gasteiger charge is 2.39. The maximum atomic E-state index is 12.8. The molecule has 2 aliphatic rings. The van der Waals surface area contributed by atoms with Crippen LogP contribution in [0.2, 0.25) is 5.02 Å². The van der Waals surface area contributed by atoms with Gasteiger partial charge in [0.05, 0.1) is 22.6 Å². The molecular weight excluding hydrogens is 310 g/mol. The fourth-order valence-corrected chi connectivity index (χ4v) is 5.13. The second-order valence-electron chi connectivity index (χ2n) is 5.68. The molecule has 4 nitrogen and oxygen atoms in total. The van der Waals surface area contributed by atoms with Gasteiger partial charge in [0.1, 0.15) is 0 Å². The van der Waals surface area contributed by atoms with Gasteiger partial charge >= 0.3 is 0 Å². The third-order valence-electron chi connectivity index (χ3n) is 4.14. The zero-order valence-electron chi connectivity index (χ0n) is 12.1. The van der Waals surface area contributed by atoms with Crippen LogP contribution in [0.3, 0.4) is 0 Å². The Morgan fingerprint density at radius 3 is 2.86 bits per heavy atom. The third kappa shape index (κ3) is 3.05. The van der Waals surface area contributed by atoms with Crippen molar-refractivity contribution in [2.24, 2.45) is 5.92 Å². The number of sulfonamides is 1. The first-order chi connectivity index (χ1) is 10.0. The van der Waals surface area contributed by atoms with Crippen LogP contribution in [-0.2, 0) is 21.2 Å². The van der Waals surface area contributed by atoms with E-state index < -0.39 is 10.0 Å². The molecule has 1 saturated carbocycles. The number of hydrogen-bond acceptors (Lipinski definition) is 3. The Morgan fingerprint density at radius 2 is 2.19 bits per heavy atom. The van der Waals surface area contributed by atoms with Crippen LogP contribution in [0.1, 0.15) is 25.3 Å². The molecular formula is C15H20ClNO3S. The Morgan fingerprint density at radius 1 is 1.43 bits per heavy atom. The number of hydrogen-bond donors (Lipinski definition) is 0. The van der Waals surface area contributed by atoms with Crippen molar-refractivity contribution in [2.75, 3.05) is 23.2 Å². The summed E-state index contributed by atoms with van der Waals surface area (Å²) in [6, 6.07) is 5.55. The third-order valence-corrected chi connectivity index (χ3v) is 6.23. The van der Waals surface area contributed by atoms with E-state index in [1.54, 1.807) is 6.07 Å². The second-order valence-corrected chi connectivity index (χ2v) is 8.02. The topological polar surface area (TPSA) is 46.6 Å². The van der Waals surface area contributed by atoms with Crippen LogP contribution in [0, 0.1) is 5.92 Å². The smallest absolute Gasteiger partial charge is 0.237 e. The van der Waals surface area contributed by atoms with Crippen molar-refractivity contribution in [2.45, 2.75) is 32.3 Å². The molecule has 1 unspecified atom stereocenters. The molecule has 1 heterocycles. The van der Waals surface area contributed by atoms with Crippen LogP contribution in [0.4, 0.5) is 5.69 Å². The van der Waals surface area contributed by atoms with Gasteiger partial charge in [-0.15, -0.1) is 0 Å². The number of nitrogens with zero attached hydrogens (tertiary/aromatic N) is 1. The van der Waals surface area contributed by atoms with Gasteiger partial charge in [-0.2, -0.15) is 0 Å². The fraction of sp³-hybridized carbons (Fsp3) is 0.600. The Hall–Kier alpha value is -0.780. The Labute approximate surface area is 131 Å². The van der Waals surface area contributed by atoms with Gasteiger partial charge in [0.2, 0.25) is 10.0 Å². The number of fused-ring (bicyclic) bond motifs is 1. The summed E-state index contributed by atoms with van der Waals surface area (Å²) >= 11 is 6.21. The van der Waals surface area contributed by atoms with Gasteiger partial charge in [0.15, 0.2) is 0 Å². The molecule has 21 heavy (non-hydrogen) atoms. The van der Waals surface area contributed by atoms with Gasteiger partial charge in [-0.1, -0.05) is 23.7 Å². The Kier molecular flexibility index (Phi) is 4.17. The largest absolute Gasteiger partial charge is 0.377 e. The summed E-state index contributed by atoms with van der Waals surface area (Å²) in [7, 11) is -3.40. The van der Waals surface area contributed by atoms with Crippen LogP contribution in [0.25, 0.3) is 0 Å². The van der Waals surface area contributed by atoms with E-state index in [4.69, 9.17) is 16.3 Å². The highest BCUT2D eigenvalue weighted by molar-refractivity contribution is 7.92. The summed E-state index contributed by atoms with van der Waals surface area (Å²) in [4.78, 5) is 0. The van der Waals surface area contributed by atoms with Crippen LogP contribution >= 0.6 is 11.6 Å². The van der Waals surface area contributed by atoms with Crippen LogP contribution in [0.5, 0.6) is 0 Å². The lowest BCUT2D eigenvalue weighted by Crippen LogP contribution is -2.37. The molecule has 1 aliphatic carbocycles. The molecule has 0 aromatic heterocycles. The van der Waals surface area contributed by atoms with Crippen molar-refractivity contribution in [1.82, 2.24) is 0 Å². The zero-order valence-corrected chi connectivity index (χ0v) is 13.7. The average Bonchev–Trinajstić information content (AvgIpc) is 3.17. The molecule has 0 spiro atoms. The lowest BCUT2D eigenvalue weighted by Gasteiger charge is -2.24. The minimum absolute atomic E-state index is 0.0518. The molecule has 3 rings (SSSR count). The van der Waals surface area contributed by atoms with E-state index in [1.165, 1.54) is 4.31 Å². The van der Waals surface area contributed by atoms with E-state index >= 15 is 0 Å². The molecule has 1 atom stereocenters. The number of halogens is 1. The van der Waals surface area contributed by atoms with Crippen LogP contribution in [-0.4, -0.2) is 33.4 Å². The molecule has 1 aliphatic heterocycles. The monoisotopic (exact) mass is 329 g/mol. The van der Waals surface area contributed by atoms with E-state index in [0.717, 1.165) is 24.8 Å². The van der Waals surface area contributed by atoms with Gasteiger partial charge in [0.25, 0.3) is 0 Å². The van der Waals surface area contributed by atoms with Crippen molar-refractivity contribution < 1.29 is 13.2 Å². The summed E-state index contributed by atoms with van der Waals surface area (Å²) in [6.07, 6.45) is 2.67. The number of anilines is 1. The summed E-state index contributed by atoms with van der Waals surface area (Å²) in [5.41, 5.74) is 1.66. The SMILES string of the molecule is CCOC(CS(=O)(=O)N1CCc2cccc(Cl)c21)C1CC1. The second kappa shape index (κ2) is 5.78. The van der Waals surface area contributed by atoms with Crippen molar-refractivity contribution in [3.8, 4) is 0 Å². The van der Waals surface area contributed by atoms with Crippen LogP contribution < -0.4 is 4.31 Å². The Bertz CT molecular complexity index is 628. The molecule has 1 aromatic carbocycles. The normalized spacial score (nSPS) is 19.6. The first kappa shape index (κ1) is 15.1. The van der Waals surface area contributed by atoms with E-state index in [1.807, 2.05) is 19.1 Å². The van der Waals surface area contributed by atoms with E-state index in [0.29, 0.717) is 29.8 Å². The molecule has 0 radical (unpaired) electrons. The number of ether oxygens (including phenoxy) is 1. The first-order valence-electron chi connectivity index (χ1n) is 7.42. The van der Waals surface area contributed by atoms with Crippen molar-refractivity contribution in [3.05, 3.63) is 28.8 Å². The van der Waals surface area contributed by atoms with Gasteiger partial charge in [-0.3, -0.25) is 4.31 Å². The highest BCUT2D eigenvalue weighted by atomic mass is 35.5. The average molecular weight is 330 g/mol. The van der Waals surface area contributed by atoms with Crippen molar-refractivity contribution in [3.63, 3.8) is 0 Å². The number of benzene rings is 1. The molecule has 1 aromatic rings.